The van der Waals surface area contributed by atoms with E-state index in [1.54, 1.807) is 0 Å². The molecule has 1 fully saturated rings. The van der Waals surface area contributed by atoms with Crippen LogP contribution in [0.3, 0.4) is 0 Å². The number of rotatable bonds is 6. The molecule has 128 valence electrons. The van der Waals surface area contributed by atoms with Crippen molar-refractivity contribution in [1.29, 1.82) is 0 Å². The van der Waals surface area contributed by atoms with Crippen molar-refractivity contribution < 1.29 is 9.59 Å². The molecule has 1 saturated heterocycles. The van der Waals surface area contributed by atoms with Gasteiger partial charge in [-0.3, -0.25) is 9.59 Å². The van der Waals surface area contributed by atoms with Crippen molar-refractivity contribution in [1.82, 2.24) is 10.6 Å². The van der Waals surface area contributed by atoms with Gasteiger partial charge in [0.1, 0.15) is 0 Å². The molecule has 0 radical (unpaired) electrons. The Bertz CT molecular complexity index is 516. The second kappa shape index (κ2) is 9.68. The number of ketones is 1. The molecule has 1 aromatic rings. The highest BCUT2D eigenvalue weighted by Gasteiger charge is 2.22. The Morgan fingerprint density at radius 3 is 2.52 bits per heavy atom. The number of halogens is 1. The van der Waals surface area contributed by atoms with Gasteiger partial charge in [0, 0.05) is 31.0 Å². The van der Waals surface area contributed by atoms with Gasteiger partial charge in [-0.1, -0.05) is 38.1 Å². The summed E-state index contributed by atoms with van der Waals surface area (Å²) in [7, 11) is 0. The average molecular weight is 339 g/mol. The Hall–Kier alpha value is -1.39. The lowest BCUT2D eigenvalue weighted by Crippen LogP contribution is -2.50. The van der Waals surface area contributed by atoms with Crippen LogP contribution in [0, 0.1) is 5.92 Å². The summed E-state index contributed by atoms with van der Waals surface area (Å²) in [6.07, 6.45) is 2.57. The van der Waals surface area contributed by atoms with Gasteiger partial charge in [0.15, 0.2) is 5.78 Å². The van der Waals surface area contributed by atoms with Crippen LogP contribution in [-0.2, 0) is 11.2 Å². The molecule has 2 N–H and O–H groups in total. The molecule has 0 aromatic heterocycles. The van der Waals surface area contributed by atoms with Gasteiger partial charge >= 0.3 is 0 Å². The molecular formula is C18H27ClN2O2. The first-order chi connectivity index (χ1) is 10.6. The van der Waals surface area contributed by atoms with Gasteiger partial charge in [0.25, 0.3) is 0 Å². The van der Waals surface area contributed by atoms with E-state index in [1.165, 1.54) is 5.56 Å². The molecule has 0 bridgehead atoms. The molecule has 4 nitrogen and oxygen atoms in total. The summed E-state index contributed by atoms with van der Waals surface area (Å²) in [6, 6.07) is 7.84. The van der Waals surface area contributed by atoms with E-state index in [0.29, 0.717) is 11.5 Å². The standard InChI is InChI=1S/C18H26N2O2.ClH/c1-3-14-4-6-15(7-5-14)17(21)8-9-18(22)20-16-12-19-11-10-13(16)2;/h4-7,13,16,19H,3,8-12H2,1-2H3,(H,20,22);1H. The Morgan fingerprint density at radius 1 is 1.22 bits per heavy atom. The monoisotopic (exact) mass is 338 g/mol. The average Bonchev–Trinajstić information content (AvgIpc) is 2.55. The maximum absolute atomic E-state index is 12.1. The number of benzene rings is 1. The van der Waals surface area contributed by atoms with Crippen LogP contribution in [0.5, 0.6) is 0 Å². The number of piperidine rings is 1. The summed E-state index contributed by atoms with van der Waals surface area (Å²) < 4.78 is 0. The summed E-state index contributed by atoms with van der Waals surface area (Å²) in [4.78, 5) is 24.1. The molecular weight excluding hydrogens is 312 g/mol. The first-order valence-electron chi connectivity index (χ1n) is 8.22. The summed E-state index contributed by atoms with van der Waals surface area (Å²) >= 11 is 0. The Morgan fingerprint density at radius 2 is 1.91 bits per heavy atom. The molecule has 1 heterocycles. The van der Waals surface area contributed by atoms with Crippen molar-refractivity contribution in [3.63, 3.8) is 0 Å². The molecule has 2 rings (SSSR count). The number of carbonyl (C=O) groups is 2. The quantitative estimate of drug-likeness (QED) is 0.784. The third-order valence-corrected chi connectivity index (χ3v) is 4.44. The SMILES string of the molecule is CCc1ccc(C(=O)CCC(=O)NC2CNCCC2C)cc1.Cl. The van der Waals surface area contributed by atoms with E-state index in [4.69, 9.17) is 0 Å². The van der Waals surface area contributed by atoms with Gasteiger partial charge in [-0.2, -0.15) is 0 Å². The molecule has 1 aromatic carbocycles. The maximum atomic E-state index is 12.1. The number of Topliss-reactive ketones (excluding diaryl/α,β-unsaturated/α-hetero) is 1. The number of nitrogens with one attached hydrogen (secondary N) is 2. The number of hydrogen-bond donors (Lipinski definition) is 2. The Balaban J connectivity index is 0.00000264. The Kier molecular flexibility index (Phi) is 8.28. The smallest absolute Gasteiger partial charge is 0.220 e. The van der Waals surface area contributed by atoms with E-state index in [0.717, 1.165) is 25.9 Å². The molecule has 2 unspecified atom stereocenters. The van der Waals surface area contributed by atoms with Crippen LogP contribution in [0.15, 0.2) is 24.3 Å². The van der Waals surface area contributed by atoms with Gasteiger partial charge in [-0.15, -0.1) is 12.4 Å². The molecule has 0 aliphatic carbocycles. The lowest BCUT2D eigenvalue weighted by atomic mass is 9.94. The van der Waals surface area contributed by atoms with Crippen molar-refractivity contribution in [3.05, 3.63) is 35.4 Å². The molecule has 0 saturated carbocycles. The number of carbonyl (C=O) groups excluding carboxylic acids is 2. The first-order valence-corrected chi connectivity index (χ1v) is 8.22. The van der Waals surface area contributed by atoms with E-state index in [1.807, 2.05) is 24.3 Å². The van der Waals surface area contributed by atoms with Crippen molar-refractivity contribution in [2.24, 2.45) is 5.92 Å². The molecule has 5 heteroatoms. The van der Waals surface area contributed by atoms with Crippen molar-refractivity contribution in [2.75, 3.05) is 13.1 Å². The molecule has 1 amide bonds. The normalized spacial score (nSPS) is 20.4. The minimum Gasteiger partial charge on any atom is -0.352 e. The fraction of sp³-hybridized carbons (Fsp3) is 0.556. The second-order valence-electron chi connectivity index (χ2n) is 6.12. The van der Waals surface area contributed by atoms with E-state index < -0.39 is 0 Å². The van der Waals surface area contributed by atoms with Crippen LogP contribution in [-0.4, -0.2) is 30.8 Å². The number of hydrogen-bond acceptors (Lipinski definition) is 3. The van der Waals surface area contributed by atoms with Crippen LogP contribution < -0.4 is 10.6 Å². The molecule has 1 aliphatic rings. The summed E-state index contributed by atoms with van der Waals surface area (Å²) in [5.41, 5.74) is 1.91. The zero-order chi connectivity index (χ0) is 15.9. The van der Waals surface area contributed by atoms with E-state index in [9.17, 15) is 9.59 Å². The van der Waals surface area contributed by atoms with Crippen LogP contribution in [0.1, 0.15) is 49.0 Å². The third kappa shape index (κ3) is 5.96. The van der Waals surface area contributed by atoms with Gasteiger partial charge < -0.3 is 10.6 Å². The molecule has 2 atom stereocenters. The van der Waals surface area contributed by atoms with Crippen LogP contribution in [0.25, 0.3) is 0 Å². The lowest BCUT2D eigenvalue weighted by Gasteiger charge is -2.30. The predicted molar refractivity (Wildman–Crippen MR) is 95.2 cm³/mol. The lowest BCUT2D eigenvalue weighted by molar-refractivity contribution is -0.122. The summed E-state index contributed by atoms with van der Waals surface area (Å²) in [5.74, 6) is 0.495. The van der Waals surface area contributed by atoms with Crippen molar-refractivity contribution in [3.8, 4) is 0 Å². The third-order valence-electron chi connectivity index (χ3n) is 4.44. The van der Waals surface area contributed by atoms with Crippen LogP contribution >= 0.6 is 12.4 Å². The minimum absolute atomic E-state index is 0. The molecule has 23 heavy (non-hydrogen) atoms. The zero-order valence-electron chi connectivity index (χ0n) is 13.9. The van der Waals surface area contributed by atoms with Gasteiger partial charge in [0.05, 0.1) is 0 Å². The predicted octanol–water partition coefficient (Wildman–Crippen LogP) is 2.75. The van der Waals surface area contributed by atoms with Crippen LogP contribution in [0.2, 0.25) is 0 Å². The van der Waals surface area contributed by atoms with E-state index in [2.05, 4.69) is 24.5 Å². The van der Waals surface area contributed by atoms with Crippen LogP contribution in [0.4, 0.5) is 0 Å². The maximum Gasteiger partial charge on any atom is 0.220 e. The second-order valence-corrected chi connectivity index (χ2v) is 6.12. The fourth-order valence-electron chi connectivity index (χ4n) is 2.76. The minimum atomic E-state index is -0.0286. The molecule has 1 aliphatic heterocycles. The van der Waals surface area contributed by atoms with Crippen molar-refractivity contribution >= 4 is 24.1 Å². The van der Waals surface area contributed by atoms with E-state index in [-0.39, 0.29) is 43.0 Å². The van der Waals surface area contributed by atoms with Crippen molar-refractivity contribution in [2.45, 2.75) is 45.6 Å². The fourth-order valence-corrected chi connectivity index (χ4v) is 2.76. The highest BCUT2D eigenvalue weighted by Crippen LogP contribution is 2.12. The van der Waals surface area contributed by atoms with E-state index >= 15 is 0 Å². The highest BCUT2D eigenvalue weighted by molar-refractivity contribution is 5.98. The Labute approximate surface area is 144 Å². The number of amides is 1. The summed E-state index contributed by atoms with van der Waals surface area (Å²) in [5, 5.41) is 6.33. The summed E-state index contributed by atoms with van der Waals surface area (Å²) in [6.45, 7) is 6.08. The zero-order valence-corrected chi connectivity index (χ0v) is 14.7. The topological polar surface area (TPSA) is 58.2 Å². The van der Waals surface area contributed by atoms with Gasteiger partial charge in [0.2, 0.25) is 5.91 Å². The number of aryl methyl sites for hydroxylation is 1. The first kappa shape index (κ1) is 19.7. The molecule has 0 spiro atoms. The van der Waals surface area contributed by atoms with Gasteiger partial charge in [-0.05, 0) is 30.9 Å². The highest BCUT2D eigenvalue weighted by atomic mass is 35.5. The largest absolute Gasteiger partial charge is 0.352 e. The van der Waals surface area contributed by atoms with Gasteiger partial charge in [-0.25, -0.2) is 0 Å².